The van der Waals surface area contributed by atoms with Crippen molar-refractivity contribution in [2.45, 2.75) is 38.1 Å². The summed E-state index contributed by atoms with van der Waals surface area (Å²) in [5.74, 6) is -0.973. The Morgan fingerprint density at radius 1 is 0.857 bits per heavy atom. The fourth-order valence-electron chi connectivity index (χ4n) is 4.61. The number of hydrogen-bond donors (Lipinski definition) is 1. The smallest absolute Gasteiger partial charge is 0.223 e. The third kappa shape index (κ3) is 6.98. The van der Waals surface area contributed by atoms with Crippen LogP contribution in [-0.2, 0) is 22.4 Å². The van der Waals surface area contributed by atoms with Crippen molar-refractivity contribution in [1.82, 2.24) is 10.2 Å². The van der Waals surface area contributed by atoms with Crippen LogP contribution >= 0.6 is 0 Å². The van der Waals surface area contributed by atoms with E-state index in [-0.39, 0.29) is 29.4 Å². The summed E-state index contributed by atoms with van der Waals surface area (Å²) < 4.78 is 27.6. The van der Waals surface area contributed by atoms with Crippen LogP contribution in [0.5, 0.6) is 0 Å². The van der Waals surface area contributed by atoms with E-state index >= 15 is 0 Å². The van der Waals surface area contributed by atoms with E-state index in [9.17, 15) is 18.4 Å². The lowest BCUT2D eigenvalue weighted by Gasteiger charge is -2.32. The molecule has 1 aliphatic rings. The van der Waals surface area contributed by atoms with Crippen LogP contribution in [0.1, 0.15) is 42.0 Å². The van der Waals surface area contributed by atoms with E-state index in [1.54, 1.807) is 24.3 Å². The van der Waals surface area contributed by atoms with Crippen molar-refractivity contribution in [3.05, 3.63) is 107 Å². The second-order valence-corrected chi connectivity index (χ2v) is 9.09. The molecule has 3 aromatic rings. The molecule has 182 valence electrons. The second-order valence-electron chi connectivity index (χ2n) is 9.09. The molecule has 1 aliphatic heterocycles. The van der Waals surface area contributed by atoms with Gasteiger partial charge >= 0.3 is 0 Å². The number of hydrogen-bond acceptors (Lipinski definition) is 2. The van der Waals surface area contributed by atoms with Crippen molar-refractivity contribution in [2.75, 3.05) is 13.1 Å². The molecule has 0 aromatic heterocycles. The van der Waals surface area contributed by atoms with E-state index < -0.39 is 6.04 Å². The van der Waals surface area contributed by atoms with E-state index in [1.165, 1.54) is 24.3 Å². The Kier molecular flexibility index (Phi) is 8.24. The minimum Gasteiger partial charge on any atom is -0.349 e. The van der Waals surface area contributed by atoms with Gasteiger partial charge in [0.1, 0.15) is 11.6 Å². The molecule has 1 N–H and O–H groups in total. The van der Waals surface area contributed by atoms with Crippen LogP contribution in [0.2, 0.25) is 0 Å². The number of piperidine rings is 1. The Hall–Kier alpha value is -3.54. The molecule has 3 aromatic carbocycles. The number of benzene rings is 3. The molecule has 0 saturated carbocycles. The Labute approximate surface area is 205 Å². The summed E-state index contributed by atoms with van der Waals surface area (Å²) in [5, 5.41) is 3.06. The highest BCUT2D eigenvalue weighted by atomic mass is 19.1. The first kappa shape index (κ1) is 24.6. The molecule has 1 atom stereocenters. The maximum Gasteiger partial charge on any atom is 0.223 e. The standard InChI is InChI=1S/C29H30F2N2O2/c30-25-10-4-8-22(18-25)19-27(24-9-5-11-26(31)20-24)32-29(35)23-14-16-33(17-15-23)28(34)13-12-21-6-2-1-3-7-21/h1-11,18,20,23,27H,12-17,19H2,(H,32,35). The highest BCUT2D eigenvalue weighted by molar-refractivity contribution is 5.80. The van der Waals surface area contributed by atoms with Crippen molar-refractivity contribution < 1.29 is 18.4 Å². The normalized spacial score (nSPS) is 15.0. The van der Waals surface area contributed by atoms with E-state index in [0.717, 1.165) is 11.1 Å². The molecule has 1 unspecified atom stereocenters. The average molecular weight is 477 g/mol. The number of nitrogens with zero attached hydrogens (tertiary/aromatic N) is 1. The van der Waals surface area contributed by atoms with E-state index in [4.69, 9.17) is 0 Å². The molecule has 2 amide bonds. The van der Waals surface area contributed by atoms with Gasteiger partial charge in [0.2, 0.25) is 11.8 Å². The summed E-state index contributed by atoms with van der Waals surface area (Å²) in [4.78, 5) is 27.6. The molecule has 0 spiro atoms. The first-order valence-electron chi connectivity index (χ1n) is 12.1. The zero-order valence-corrected chi connectivity index (χ0v) is 19.6. The lowest BCUT2D eigenvalue weighted by molar-refractivity contribution is -0.135. The molecule has 35 heavy (non-hydrogen) atoms. The zero-order valence-electron chi connectivity index (χ0n) is 19.6. The summed E-state index contributed by atoms with van der Waals surface area (Å²) in [6.45, 7) is 1.08. The predicted molar refractivity (Wildman–Crippen MR) is 131 cm³/mol. The molecule has 1 saturated heterocycles. The first-order valence-corrected chi connectivity index (χ1v) is 12.1. The van der Waals surface area contributed by atoms with Crippen molar-refractivity contribution in [3.63, 3.8) is 0 Å². The number of nitrogens with one attached hydrogen (secondary N) is 1. The third-order valence-electron chi connectivity index (χ3n) is 6.59. The van der Waals surface area contributed by atoms with E-state index in [0.29, 0.717) is 50.8 Å². The van der Waals surface area contributed by atoms with Crippen LogP contribution < -0.4 is 5.32 Å². The Morgan fingerprint density at radius 2 is 1.51 bits per heavy atom. The van der Waals surface area contributed by atoms with E-state index in [1.807, 2.05) is 35.2 Å². The lowest BCUT2D eigenvalue weighted by atomic mass is 9.93. The van der Waals surface area contributed by atoms with Gasteiger partial charge in [-0.05, 0) is 66.6 Å². The van der Waals surface area contributed by atoms with Crippen molar-refractivity contribution in [3.8, 4) is 0 Å². The number of amides is 2. The minimum atomic E-state index is -0.481. The number of halogens is 2. The average Bonchev–Trinajstić information content (AvgIpc) is 2.87. The Morgan fingerprint density at radius 3 is 2.20 bits per heavy atom. The fraction of sp³-hybridized carbons (Fsp3) is 0.310. The van der Waals surface area contributed by atoms with Gasteiger partial charge in [-0.15, -0.1) is 0 Å². The molecule has 0 radical (unpaired) electrons. The van der Waals surface area contributed by atoms with Crippen molar-refractivity contribution in [2.24, 2.45) is 5.92 Å². The molecule has 4 rings (SSSR count). The first-order chi connectivity index (χ1) is 17.0. The largest absolute Gasteiger partial charge is 0.349 e. The topological polar surface area (TPSA) is 49.4 Å². The summed E-state index contributed by atoms with van der Waals surface area (Å²) >= 11 is 0. The molecule has 4 nitrogen and oxygen atoms in total. The Bertz CT molecular complexity index is 1140. The van der Waals surface area contributed by atoms with Crippen LogP contribution in [0.3, 0.4) is 0 Å². The third-order valence-corrected chi connectivity index (χ3v) is 6.59. The molecular formula is C29H30F2N2O2. The van der Waals surface area contributed by atoms with Crippen molar-refractivity contribution in [1.29, 1.82) is 0 Å². The maximum absolute atomic E-state index is 13.9. The van der Waals surface area contributed by atoms with Gasteiger partial charge in [-0.2, -0.15) is 0 Å². The van der Waals surface area contributed by atoms with Crippen LogP contribution in [0.25, 0.3) is 0 Å². The summed E-state index contributed by atoms with van der Waals surface area (Å²) in [6.07, 6.45) is 2.67. The fourth-order valence-corrected chi connectivity index (χ4v) is 4.61. The minimum absolute atomic E-state index is 0.108. The van der Waals surface area contributed by atoms with Crippen LogP contribution in [0, 0.1) is 17.6 Å². The van der Waals surface area contributed by atoms with Gasteiger partial charge in [0, 0.05) is 25.4 Å². The number of rotatable bonds is 8. The molecule has 0 bridgehead atoms. The summed E-state index contributed by atoms with van der Waals surface area (Å²) in [7, 11) is 0. The number of likely N-dealkylation sites (tertiary alicyclic amines) is 1. The van der Waals surface area contributed by atoms with Crippen molar-refractivity contribution >= 4 is 11.8 Å². The van der Waals surface area contributed by atoms with Crippen LogP contribution in [-0.4, -0.2) is 29.8 Å². The van der Waals surface area contributed by atoms with Gasteiger partial charge in [0.05, 0.1) is 6.04 Å². The second kappa shape index (κ2) is 11.7. The quantitative estimate of drug-likeness (QED) is 0.484. The molecule has 1 heterocycles. The molecular weight excluding hydrogens is 446 g/mol. The highest BCUT2D eigenvalue weighted by Crippen LogP contribution is 2.24. The summed E-state index contributed by atoms with van der Waals surface area (Å²) in [5.41, 5.74) is 2.49. The van der Waals surface area contributed by atoms with Gasteiger partial charge in [0.15, 0.2) is 0 Å². The van der Waals surface area contributed by atoms with Gasteiger partial charge in [-0.3, -0.25) is 9.59 Å². The van der Waals surface area contributed by atoms with Gasteiger partial charge in [-0.1, -0.05) is 54.6 Å². The predicted octanol–water partition coefficient (Wildman–Crippen LogP) is 5.24. The van der Waals surface area contributed by atoms with Crippen LogP contribution in [0.15, 0.2) is 78.9 Å². The zero-order chi connectivity index (χ0) is 24.6. The number of aryl methyl sites for hydroxylation is 1. The maximum atomic E-state index is 13.9. The van der Waals surface area contributed by atoms with Crippen LogP contribution in [0.4, 0.5) is 8.78 Å². The molecule has 1 fully saturated rings. The number of carbonyl (C=O) groups is 2. The Balaban J connectivity index is 1.34. The van der Waals surface area contributed by atoms with Gasteiger partial charge in [0.25, 0.3) is 0 Å². The lowest BCUT2D eigenvalue weighted by Crippen LogP contribution is -2.44. The SMILES string of the molecule is O=C(NC(Cc1cccc(F)c1)c1cccc(F)c1)C1CCN(C(=O)CCc2ccccc2)CC1. The molecule has 6 heteroatoms. The molecule has 0 aliphatic carbocycles. The monoisotopic (exact) mass is 476 g/mol. The van der Waals surface area contributed by atoms with E-state index in [2.05, 4.69) is 5.32 Å². The number of carbonyl (C=O) groups excluding carboxylic acids is 2. The van der Waals surface area contributed by atoms with Gasteiger partial charge in [-0.25, -0.2) is 8.78 Å². The van der Waals surface area contributed by atoms with Gasteiger partial charge < -0.3 is 10.2 Å². The summed E-state index contributed by atoms with van der Waals surface area (Å²) in [6, 6.07) is 21.8. The highest BCUT2D eigenvalue weighted by Gasteiger charge is 2.29.